The lowest BCUT2D eigenvalue weighted by molar-refractivity contribution is -0.384. The lowest BCUT2D eigenvalue weighted by Gasteiger charge is -2.56. The van der Waals surface area contributed by atoms with Crippen LogP contribution in [0.5, 0.6) is 5.88 Å². The number of carbonyl (C=O) groups is 1. The zero-order chi connectivity index (χ0) is 48.5. The Kier molecular flexibility index (Phi) is 12.0. The largest absolute Gasteiger partial charge is 0.468 e. The van der Waals surface area contributed by atoms with Crippen LogP contribution in [0.25, 0.3) is 11.0 Å². The first kappa shape index (κ1) is 46.3. The molecule has 1 aliphatic carbocycles. The van der Waals surface area contributed by atoms with Crippen molar-refractivity contribution in [3.63, 3.8) is 0 Å². The molecule has 18 heteroatoms. The van der Waals surface area contributed by atoms with Gasteiger partial charge in [-0.05, 0) is 135 Å². The van der Waals surface area contributed by atoms with Crippen LogP contribution in [0.3, 0.4) is 0 Å². The highest BCUT2D eigenvalue weighted by molar-refractivity contribution is 7.90. The highest BCUT2D eigenvalue weighted by atomic mass is 32.2. The van der Waals surface area contributed by atoms with E-state index in [-0.39, 0.29) is 28.6 Å². The normalized spacial score (nSPS) is 24.4. The maximum Gasteiger partial charge on any atom is 0.293 e. The summed E-state index contributed by atoms with van der Waals surface area (Å²) >= 11 is 0. The number of sulfonamides is 1. The molecule has 17 nitrogen and oxygen atoms in total. The molecule has 5 aromatic rings. The molecule has 71 heavy (non-hydrogen) atoms. The second-order valence-electron chi connectivity index (χ2n) is 21.3. The van der Waals surface area contributed by atoms with Gasteiger partial charge in [-0.3, -0.25) is 19.8 Å². The number of likely N-dealkylation sites (tertiary alicyclic amines) is 1. The van der Waals surface area contributed by atoms with Gasteiger partial charge in [0, 0.05) is 88.0 Å². The van der Waals surface area contributed by atoms with Gasteiger partial charge in [-0.1, -0.05) is 24.3 Å². The topological polar surface area (TPSA) is 194 Å². The average molecular weight is 987 g/mol. The number of nitro groups is 1. The van der Waals surface area contributed by atoms with Crippen molar-refractivity contribution in [3.8, 4) is 5.88 Å². The summed E-state index contributed by atoms with van der Waals surface area (Å²) in [6.07, 6.45) is 11.0. The van der Waals surface area contributed by atoms with Gasteiger partial charge < -0.3 is 39.0 Å². The van der Waals surface area contributed by atoms with Crippen LogP contribution >= 0.6 is 0 Å². The molecule has 2 aromatic heterocycles. The third-order valence-corrected chi connectivity index (χ3v) is 18.4. The Labute approximate surface area is 413 Å². The summed E-state index contributed by atoms with van der Waals surface area (Å²) in [5.74, 6) is -0.229. The lowest BCUT2D eigenvalue weighted by atomic mass is 9.59. The van der Waals surface area contributed by atoms with Gasteiger partial charge >= 0.3 is 0 Å². The van der Waals surface area contributed by atoms with Gasteiger partial charge in [0.05, 0.1) is 40.3 Å². The maximum atomic E-state index is 14.6. The molecule has 374 valence electrons. The number of anilines is 4. The minimum Gasteiger partial charge on any atom is -0.468 e. The summed E-state index contributed by atoms with van der Waals surface area (Å²) < 4.78 is 54.3. The van der Waals surface area contributed by atoms with E-state index in [4.69, 9.17) is 23.9 Å². The van der Waals surface area contributed by atoms with Crippen LogP contribution in [0.15, 0.2) is 83.9 Å². The number of benzene rings is 3. The van der Waals surface area contributed by atoms with Crippen LogP contribution in [-0.4, -0.2) is 118 Å². The van der Waals surface area contributed by atoms with E-state index in [1.807, 2.05) is 35.4 Å². The monoisotopic (exact) mass is 986 g/mol. The quantitative estimate of drug-likeness (QED) is 0.0851. The average Bonchev–Trinajstić information content (AvgIpc) is 4.13. The highest BCUT2D eigenvalue weighted by Gasteiger charge is 2.54. The SMILES string of the molecule is Cc1ccccc1[C@H]1CC2(CCOCC2)CN1C1CC2(CCN(c3ccc(C(=O)NS(=O)(=O)c4ccc(NCC5CCOCC5)c([N+](=O)[O-])c4)c(N4c5cc6cc[nH]c6nc5O[C@@H]5COC[C@H]54)c3)CC2)C1. The van der Waals surface area contributed by atoms with E-state index in [9.17, 15) is 23.3 Å². The number of hydrogen-bond acceptors (Lipinski definition) is 14. The number of aromatic amines is 1. The van der Waals surface area contributed by atoms with E-state index in [0.29, 0.717) is 73.4 Å². The van der Waals surface area contributed by atoms with Gasteiger partial charge in [0.25, 0.3) is 21.6 Å². The molecule has 7 aliphatic rings. The number of rotatable bonds is 11. The van der Waals surface area contributed by atoms with Crippen molar-refractivity contribution in [3.05, 3.63) is 106 Å². The summed E-state index contributed by atoms with van der Waals surface area (Å²) in [6, 6.07) is 22.7. The smallest absolute Gasteiger partial charge is 0.293 e. The zero-order valence-electron chi connectivity index (χ0n) is 40.1. The first-order valence-electron chi connectivity index (χ1n) is 25.4. The Morgan fingerprint density at radius 2 is 1.68 bits per heavy atom. The van der Waals surface area contributed by atoms with E-state index in [1.54, 1.807) is 6.07 Å². The molecular formula is C53H62N8O9S. The van der Waals surface area contributed by atoms with E-state index in [2.05, 4.69) is 56.0 Å². The molecule has 6 fully saturated rings. The van der Waals surface area contributed by atoms with Crippen LogP contribution in [-0.2, 0) is 24.2 Å². The summed E-state index contributed by atoms with van der Waals surface area (Å²) in [5.41, 5.74) is 6.02. The van der Waals surface area contributed by atoms with Gasteiger partial charge in [-0.15, -0.1) is 0 Å². The highest BCUT2D eigenvalue weighted by Crippen LogP contribution is 2.58. The van der Waals surface area contributed by atoms with Crippen molar-refractivity contribution in [2.75, 3.05) is 80.9 Å². The number of carbonyl (C=O) groups excluding carboxylic acids is 1. The van der Waals surface area contributed by atoms with E-state index in [0.717, 1.165) is 88.5 Å². The van der Waals surface area contributed by atoms with Crippen molar-refractivity contribution in [1.29, 1.82) is 0 Å². The number of aryl methyl sites for hydroxylation is 1. The number of nitro benzene ring substituents is 1. The molecule has 3 atom stereocenters. The van der Waals surface area contributed by atoms with Crippen molar-refractivity contribution in [1.82, 2.24) is 19.6 Å². The Morgan fingerprint density at radius 1 is 0.887 bits per heavy atom. The number of pyridine rings is 1. The number of ether oxygens (including phenoxy) is 4. The second kappa shape index (κ2) is 18.4. The summed E-state index contributed by atoms with van der Waals surface area (Å²) in [6.45, 7) is 9.13. The van der Waals surface area contributed by atoms with Gasteiger partial charge in [0.1, 0.15) is 23.1 Å². The summed E-state index contributed by atoms with van der Waals surface area (Å²) in [5, 5.41) is 16.3. The Bertz CT molecular complexity index is 2960. The van der Waals surface area contributed by atoms with Gasteiger partial charge in [0.15, 0.2) is 0 Å². The molecule has 0 bridgehead atoms. The van der Waals surface area contributed by atoms with Crippen LogP contribution in [0, 0.1) is 33.8 Å². The predicted molar refractivity (Wildman–Crippen MR) is 268 cm³/mol. The van der Waals surface area contributed by atoms with Crippen molar-refractivity contribution >= 4 is 55.4 Å². The van der Waals surface area contributed by atoms with Gasteiger partial charge in [-0.2, -0.15) is 4.98 Å². The number of amides is 1. The van der Waals surface area contributed by atoms with Crippen LogP contribution in [0.1, 0.15) is 85.3 Å². The molecule has 0 unspecified atom stereocenters. The number of piperidine rings is 1. The maximum absolute atomic E-state index is 14.6. The Morgan fingerprint density at radius 3 is 2.46 bits per heavy atom. The van der Waals surface area contributed by atoms with Crippen LogP contribution in [0.2, 0.25) is 0 Å². The molecule has 2 spiro atoms. The van der Waals surface area contributed by atoms with Crippen LogP contribution < -0.4 is 24.6 Å². The molecule has 1 amide bonds. The van der Waals surface area contributed by atoms with Gasteiger partial charge in [0.2, 0.25) is 5.88 Å². The van der Waals surface area contributed by atoms with E-state index in [1.165, 1.54) is 42.5 Å². The number of hydrogen-bond donors (Lipinski definition) is 3. The second-order valence-corrected chi connectivity index (χ2v) is 23.0. The molecule has 8 heterocycles. The predicted octanol–water partition coefficient (Wildman–Crippen LogP) is 8.03. The molecule has 3 N–H and O–H groups in total. The Balaban J connectivity index is 0.818. The minimum absolute atomic E-state index is 0.112. The molecule has 12 rings (SSSR count). The minimum atomic E-state index is -4.60. The van der Waals surface area contributed by atoms with Crippen molar-refractivity contribution < 1.29 is 37.1 Å². The zero-order valence-corrected chi connectivity index (χ0v) is 41.0. The number of nitrogens with zero attached hydrogens (tertiary/aromatic N) is 5. The number of nitrogens with one attached hydrogen (secondary N) is 3. The summed E-state index contributed by atoms with van der Waals surface area (Å²) in [4.78, 5) is 41.2. The lowest BCUT2D eigenvalue weighted by Crippen LogP contribution is -2.55. The molecule has 0 radical (unpaired) electrons. The summed E-state index contributed by atoms with van der Waals surface area (Å²) in [7, 11) is -4.60. The van der Waals surface area contributed by atoms with E-state index >= 15 is 0 Å². The first-order valence-corrected chi connectivity index (χ1v) is 26.9. The molecule has 1 saturated carbocycles. The number of aromatic nitrogens is 2. The fraction of sp³-hybridized carbons (Fsp3) is 0.509. The van der Waals surface area contributed by atoms with E-state index < -0.39 is 37.5 Å². The van der Waals surface area contributed by atoms with Crippen LogP contribution in [0.4, 0.5) is 28.4 Å². The third-order valence-electron chi connectivity index (χ3n) is 17.1. The third kappa shape index (κ3) is 8.68. The van der Waals surface area contributed by atoms with Crippen molar-refractivity contribution in [2.24, 2.45) is 16.7 Å². The number of H-pyrrole nitrogens is 1. The number of fused-ring (bicyclic) bond motifs is 3. The van der Waals surface area contributed by atoms with Gasteiger partial charge in [-0.25, -0.2) is 13.1 Å². The molecule has 5 saturated heterocycles. The molecular weight excluding hydrogens is 925 g/mol. The molecule has 3 aromatic carbocycles. The van der Waals surface area contributed by atoms with Crippen molar-refractivity contribution in [2.45, 2.75) is 93.8 Å². The fourth-order valence-electron chi connectivity index (χ4n) is 13.0. The Hall–Kier alpha value is -5.79. The first-order chi connectivity index (χ1) is 34.4. The standard InChI is InChI=1S/C53H62N8O9S/c1-34-4-2-3-5-40(34)46-29-53(15-22-68-23-16-53)33-59(46)38-27-52(28-38)13-18-58(19-14-52)37-6-8-41(43(25-37)60-45-24-36-10-17-54-49(36)56-51(45)70-48-32-69-31-47(48)60)50(62)57-71(65,66)39-7-9-42(44(26-39)61(63)64)55-30-35-11-20-67-21-12-35/h2-10,17,24-26,35,38,46-48,55H,11-16,18-23,27-33H2,1H3,(H,54,56)(H,57,62)/t46-,47-,48-/m1/s1. The fourth-order valence-corrected chi connectivity index (χ4v) is 13.9. The molecule has 6 aliphatic heterocycles.